The molecule has 2 unspecified atom stereocenters. The molecule has 7 heteroatoms. The van der Waals surface area contributed by atoms with Crippen molar-refractivity contribution in [2.75, 3.05) is 11.4 Å². The molecule has 2 N–H and O–H groups in total. The van der Waals surface area contributed by atoms with E-state index in [0.717, 1.165) is 17.7 Å². The summed E-state index contributed by atoms with van der Waals surface area (Å²) in [7, 11) is 0. The first-order valence-electron chi connectivity index (χ1n) is 9.39. The lowest BCUT2D eigenvalue weighted by Crippen LogP contribution is -2.32. The van der Waals surface area contributed by atoms with Gasteiger partial charge in [0.05, 0.1) is 12.5 Å². The minimum atomic E-state index is -1.16. The zero-order valence-electron chi connectivity index (χ0n) is 16.0. The number of amides is 2. The van der Waals surface area contributed by atoms with Crippen molar-refractivity contribution >= 4 is 23.5 Å². The van der Waals surface area contributed by atoms with Crippen LogP contribution in [0.5, 0.6) is 0 Å². The molecule has 28 heavy (non-hydrogen) atoms. The number of carboxylic acids is 1. The van der Waals surface area contributed by atoms with Crippen molar-refractivity contribution in [2.24, 2.45) is 5.92 Å². The number of carbonyl (C=O) groups excluding carboxylic acids is 2. The van der Waals surface area contributed by atoms with Crippen molar-refractivity contribution in [1.29, 1.82) is 0 Å². The summed E-state index contributed by atoms with van der Waals surface area (Å²) in [6.45, 7) is 4.64. The zero-order valence-corrected chi connectivity index (χ0v) is 16.0. The average molecular weight is 384 g/mol. The molecule has 1 aromatic heterocycles. The molecule has 1 fully saturated rings. The second kappa shape index (κ2) is 8.29. The molecule has 1 aliphatic rings. The van der Waals surface area contributed by atoms with E-state index in [4.69, 9.17) is 9.52 Å². The molecule has 3 rings (SSSR count). The first-order valence-corrected chi connectivity index (χ1v) is 9.39. The quantitative estimate of drug-likeness (QED) is 0.764. The van der Waals surface area contributed by atoms with Gasteiger partial charge in [0.25, 0.3) is 0 Å². The van der Waals surface area contributed by atoms with E-state index in [-0.39, 0.29) is 30.5 Å². The van der Waals surface area contributed by atoms with Gasteiger partial charge in [-0.15, -0.1) is 0 Å². The Bertz CT molecular complexity index is 888. The molecular weight excluding hydrogens is 360 g/mol. The summed E-state index contributed by atoms with van der Waals surface area (Å²) in [5.41, 5.74) is 1.98. The SMILES string of the molecule is CCC(C)c1ccccc1N1CC(C(=O)NCc2ccc(C(=O)O)o2)CC1=O. The molecule has 0 spiro atoms. The summed E-state index contributed by atoms with van der Waals surface area (Å²) >= 11 is 0. The highest BCUT2D eigenvalue weighted by atomic mass is 16.4. The maximum absolute atomic E-state index is 12.6. The number of hydrogen-bond acceptors (Lipinski definition) is 4. The van der Waals surface area contributed by atoms with E-state index >= 15 is 0 Å². The van der Waals surface area contributed by atoms with Gasteiger partial charge in [-0.3, -0.25) is 9.59 Å². The van der Waals surface area contributed by atoms with Crippen LogP contribution in [-0.2, 0) is 16.1 Å². The van der Waals surface area contributed by atoms with Crippen LogP contribution in [0.4, 0.5) is 5.69 Å². The van der Waals surface area contributed by atoms with Crippen molar-refractivity contribution < 1.29 is 23.9 Å². The molecule has 148 valence electrons. The monoisotopic (exact) mass is 384 g/mol. The van der Waals surface area contributed by atoms with Crippen LogP contribution in [0.2, 0.25) is 0 Å². The third-order valence-electron chi connectivity index (χ3n) is 5.18. The van der Waals surface area contributed by atoms with Gasteiger partial charge < -0.3 is 19.7 Å². The number of hydrogen-bond donors (Lipinski definition) is 2. The van der Waals surface area contributed by atoms with Crippen LogP contribution in [0.25, 0.3) is 0 Å². The average Bonchev–Trinajstić information content (AvgIpc) is 3.32. The molecular formula is C21H24N2O5. The number of nitrogens with one attached hydrogen (secondary N) is 1. The Balaban J connectivity index is 1.65. The Labute approximate surface area is 163 Å². The highest BCUT2D eigenvalue weighted by Crippen LogP contribution is 2.33. The number of benzene rings is 1. The molecule has 2 atom stereocenters. The van der Waals surface area contributed by atoms with Crippen LogP contribution in [0.15, 0.2) is 40.8 Å². The molecule has 2 heterocycles. The maximum atomic E-state index is 12.6. The van der Waals surface area contributed by atoms with E-state index < -0.39 is 11.9 Å². The lowest BCUT2D eigenvalue weighted by molar-refractivity contribution is -0.126. The third-order valence-corrected chi connectivity index (χ3v) is 5.18. The van der Waals surface area contributed by atoms with Gasteiger partial charge in [0.1, 0.15) is 5.76 Å². The summed E-state index contributed by atoms with van der Waals surface area (Å²) in [6.07, 6.45) is 1.11. The Morgan fingerprint density at radius 1 is 1.29 bits per heavy atom. The highest BCUT2D eigenvalue weighted by molar-refractivity contribution is 6.00. The maximum Gasteiger partial charge on any atom is 0.371 e. The largest absolute Gasteiger partial charge is 0.475 e. The van der Waals surface area contributed by atoms with Gasteiger partial charge in [0, 0.05) is 18.7 Å². The van der Waals surface area contributed by atoms with Crippen molar-refractivity contribution in [2.45, 2.75) is 39.2 Å². The number of carbonyl (C=O) groups is 3. The van der Waals surface area contributed by atoms with Crippen LogP contribution < -0.4 is 10.2 Å². The molecule has 0 aliphatic carbocycles. The van der Waals surface area contributed by atoms with Gasteiger partial charge in [-0.1, -0.05) is 32.0 Å². The highest BCUT2D eigenvalue weighted by Gasteiger charge is 2.36. The molecule has 7 nitrogen and oxygen atoms in total. The van der Waals surface area contributed by atoms with E-state index in [9.17, 15) is 14.4 Å². The summed E-state index contributed by atoms with van der Waals surface area (Å²) in [5, 5.41) is 11.6. The number of anilines is 1. The van der Waals surface area contributed by atoms with Crippen molar-refractivity contribution in [3.63, 3.8) is 0 Å². The van der Waals surface area contributed by atoms with E-state index in [1.165, 1.54) is 12.1 Å². The van der Waals surface area contributed by atoms with Crippen molar-refractivity contribution in [3.8, 4) is 0 Å². The number of furan rings is 1. The molecule has 0 bridgehead atoms. The van der Waals surface area contributed by atoms with Crippen LogP contribution >= 0.6 is 0 Å². The Morgan fingerprint density at radius 2 is 2.04 bits per heavy atom. The summed E-state index contributed by atoms with van der Waals surface area (Å²) in [4.78, 5) is 37.6. The second-order valence-electron chi connectivity index (χ2n) is 7.06. The van der Waals surface area contributed by atoms with E-state index in [1.54, 1.807) is 4.90 Å². The molecule has 0 radical (unpaired) electrons. The van der Waals surface area contributed by atoms with Gasteiger partial charge in [-0.25, -0.2) is 4.79 Å². The molecule has 0 saturated carbocycles. The van der Waals surface area contributed by atoms with Gasteiger partial charge in [-0.05, 0) is 36.1 Å². The smallest absolute Gasteiger partial charge is 0.371 e. The van der Waals surface area contributed by atoms with E-state index in [0.29, 0.717) is 18.2 Å². The molecule has 1 aliphatic heterocycles. The molecule has 1 aromatic carbocycles. The van der Waals surface area contributed by atoms with Crippen LogP contribution in [-0.4, -0.2) is 29.4 Å². The number of carboxylic acid groups (broad SMARTS) is 1. The Morgan fingerprint density at radius 3 is 2.71 bits per heavy atom. The number of para-hydroxylation sites is 1. The number of nitrogens with zero attached hydrogens (tertiary/aromatic N) is 1. The summed E-state index contributed by atoms with van der Waals surface area (Å²) < 4.78 is 5.13. The van der Waals surface area contributed by atoms with E-state index in [1.807, 2.05) is 24.3 Å². The first-order chi connectivity index (χ1) is 13.4. The predicted molar refractivity (Wildman–Crippen MR) is 103 cm³/mol. The summed E-state index contributed by atoms with van der Waals surface area (Å²) in [5.74, 6) is -1.42. The van der Waals surface area contributed by atoms with Crippen LogP contribution in [0, 0.1) is 5.92 Å². The standard InChI is InChI=1S/C21H24N2O5/c1-3-13(2)16-6-4-5-7-17(16)23-12-14(10-19(23)24)20(25)22-11-15-8-9-18(28-15)21(26)27/h4-9,13-14H,3,10-12H2,1-2H3,(H,22,25)(H,26,27). The fraction of sp³-hybridized carbons (Fsp3) is 0.381. The van der Waals surface area contributed by atoms with Crippen molar-refractivity contribution in [3.05, 3.63) is 53.5 Å². The number of aromatic carboxylic acids is 1. The fourth-order valence-electron chi connectivity index (χ4n) is 3.39. The lowest BCUT2D eigenvalue weighted by Gasteiger charge is -2.23. The Hall–Kier alpha value is -3.09. The molecule has 2 amide bonds. The van der Waals surface area contributed by atoms with Gasteiger partial charge >= 0.3 is 5.97 Å². The van der Waals surface area contributed by atoms with Crippen LogP contribution in [0.1, 0.15) is 54.5 Å². The normalized spacial score (nSPS) is 17.6. The fourth-order valence-corrected chi connectivity index (χ4v) is 3.39. The second-order valence-corrected chi connectivity index (χ2v) is 7.06. The first kappa shape index (κ1) is 19.7. The minimum absolute atomic E-state index is 0.0675. The Kier molecular flexibility index (Phi) is 5.82. The zero-order chi connectivity index (χ0) is 20.3. The topological polar surface area (TPSA) is 99.8 Å². The minimum Gasteiger partial charge on any atom is -0.475 e. The summed E-state index contributed by atoms with van der Waals surface area (Å²) in [6, 6.07) is 10.7. The van der Waals surface area contributed by atoms with Gasteiger partial charge in [0.15, 0.2) is 0 Å². The number of rotatable bonds is 7. The van der Waals surface area contributed by atoms with E-state index in [2.05, 4.69) is 19.2 Å². The van der Waals surface area contributed by atoms with Crippen molar-refractivity contribution in [1.82, 2.24) is 5.32 Å². The molecule has 2 aromatic rings. The van der Waals surface area contributed by atoms with Gasteiger partial charge in [0.2, 0.25) is 17.6 Å². The lowest BCUT2D eigenvalue weighted by atomic mass is 9.96. The van der Waals surface area contributed by atoms with Gasteiger partial charge in [-0.2, -0.15) is 0 Å². The predicted octanol–water partition coefficient (Wildman–Crippen LogP) is 3.16. The van der Waals surface area contributed by atoms with Crippen LogP contribution in [0.3, 0.4) is 0 Å². The molecule has 1 saturated heterocycles. The third kappa shape index (κ3) is 4.08.